The Kier molecular flexibility index (Phi) is 7.05. The Bertz CT molecular complexity index is 1090. The number of hydrogen-bond donors (Lipinski definition) is 2. The molecule has 4 atom stereocenters. The number of fused-ring (bicyclic) bond motifs is 2. The Balaban J connectivity index is 1.38. The maximum Gasteiger partial charge on any atom is 0.244 e. The SMILES string of the molecule is C=C1CC[C@@H]2C(C)(C)[C@H](O)CC[C@@]2(C)[C@@H]1CC/C(C)=C/C(=O)NCc1cccc2ccccc12. The van der Waals surface area contributed by atoms with Crippen molar-refractivity contribution in [2.24, 2.45) is 22.7 Å². The second-order valence-electron chi connectivity index (χ2n) is 11.6. The van der Waals surface area contributed by atoms with Gasteiger partial charge in [0.15, 0.2) is 0 Å². The van der Waals surface area contributed by atoms with E-state index < -0.39 is 0 Å². The summed E-state index contributed by atoms with van der Waals surface area (Å²) in [6.45, 7) is 14.0. The van der Waals surface area contributed by atoms with Gasteiger partial charge in [-0.3, -0.25) is 4.79 Å². The smallest absolute Gasteiger partial charge is 0.244 e. The lowest BCUT2D eigenvalue weighted by Gasteiger charge is -2.59. The lowest BCUT2D eigenvalue weighted by molar-refractivity contribution is -0.124. The van der Waals surface area contributed by atoms with Crippen molar-refractivity contribution in [2.75, 3.05) is 0 Å². The van der Waals surface area contributed by atoms with Crippen molar-refractivity contribution in [1.82, 2.24) is 5.32 Å². The van der Waals surface area contributed by atoms with E-state index >= 15 is 0 Å². The van der Waals surface area contributed by atoms with Crippen LogP contribution < -0.4 is 5.32 Å². The molecule has 2 fully saturated rings. The maximum atomic E-state index is 12.7. The zero-order valence-corrected chi connectivity index (χ0v) is 21.4. The molecule has 0 heterocycles. The molecule has 2 saturated carbocycles. The number of hydrogen-bond acceptors (Lipinski definition) is 2. The third-order valence-corrected chi connectivity index (χ3v) is 9.09. The molecule has 0 aromatic heterocycles. The predicted octanol–water partition coefficient (Wildman–Crippen LogP) is 6.95. The Hall–Kier alpha value is -2.39. The Morgan fingerprint density at radius 3 is 2.68 bits per heavy atom. The molecule has 3 nitrogen and oxygen atoms in total. The molecular formula is C31H41NO2. The lowest BCUT2D eigenvalue weighted by Crippen LogP contribution is -2.54. The summed E-state index contributed by atoms with van der Waals surface area (Å²) in [5.41, 5.74) is 3.73. The number of amides is 1. The van der Waals surface area contributed by atoms with Crippen LogP contribution >= 0.6 is 0 Å². The first kappa shape index (κ1) is 24.7. The van der Waals surface area contributed by atoms with Crippen LogP contribution in [0.2, 0.25) is 0 Å². The molecule has 4 rings (SSSR count). The van der Waals surface area contributed by atoms with Gasteiger partial charge in [0.25, 0.3) is 0 Å². The number of aliphatic hydroxyl groups excluding tert-OH is 1. The molecule has 3 heteroatoms. The standard InChI is InChI=1S/C31H41NO2/c1-21(19-29(34)32-20-24-11-8-10-23-9-6-7-12-25(23)24)13-15-26-22(2)14-16-27-30(3,4)28(33)17-18-31(26,27)5/h6-12,19,26-28,33H,2,13-18,20H2,1,3-5H3,(H,32,34)/b21-19+/t26-,27-,28-,31+/m1/s1. The van der Waals surface area contributed by atoms with Crippen molar-refractivity contribution in [2.45, 2.75) is 78.9 Å². The highest BCUT2D eigenvalue weighted by Crippen LogP contribution is 2.61. The molecule has 182 valence electrons. The van der Waals surface area contributed by atoms with Crippen molar-refractivity contribution in [3.05, 3.63) is 71.8 Å². The van der Waals surface area contributed by atoms with Crippen molar-refractivity contribution in [1.29, 1.82) is 0 Å². The predicted molar refractivity (Wildman–Crippen MR) is 141 cm³/mol. The van der Waals surface area contributed by atoms with Crippen LogP contribution in [0.4, 0.5) is 0 Å². The van der Waals surface area contributed by atoms with Crippen molar-refractivity contribution >= 4 is 16.7 Å². The van der Waals surface area contributed by atoms with Crippen LogP contribution in [-0.4, -0.2) is 17.1 Å². The van der Waals surface area contributed by atoms with E-state index in [0.29, 0.717) is 18.4 Å². The molecular weight excluding hydrogens is 418 g/mol. The normalized spacial score (nSPS) is 29.0. The first-order valence-corrected chi connectivity index (χ1v) is 12.9. The van der Waals surface area contributed by atoms with Crippen LogP contribution in [0.3, 0.4) is 0 Å². The van der Waals surface area contributed by atoms with Crippen LogP contribution in [0.5, 0.6) is 0 Å². The fourth-order valence-electron chi connectivity index (χ4n) is 7.05. The molecule has 0 saturated heterocycles. The third-order valence-electron chi connectivity index (χ3n) is 9.09. The first-order valence-electron chi connectivity index (χ1n) is 12.9. The molecule has 0 radical (unpaired) electrons. The topological polar surface area (TPSA) is 49.3 Å². The average Bonchev–Trinajstić information content (AvgIpc) is 2.80. The first-order chi connectivity index (χ1) is 16.1. The zero-order chi connectivity index (χ0) is 24.5. The van der Waals surface area contributed by atoms with E-state index in [1.54, 1.807) is 6.08 Å². The maximum absolute atomic E-state index is 12.7. The van der Waals surface area contributed by atoms with Crippen molar-refractivity contribution < 1.29 is 9.90 Å². The molecule has 2 aliphatic rings. The highest BCUT2D eigenvalue weighted by molar-refractivity contribution is 5.89. The van der Waals surface area contributed by atoms with Crippen LogP contribution in [0, 0.1) is 22.7 Å². The number of carbonyl (C=O) groups is 1. The number of aliphatic hydroxyl groups is 1. The Morgan fingerprint density at radius 2 is 1.88 bits per heavy atom. The van der Waals surface area contributed by atoms with E-state index in [0.717, 1.165) is 49.7 Å². The van der Waals surface area contributed by atoms with Gasteiger partial charge in [0.2, 0.25) is 5.91 Å². The number of benzene rings is 2. The molecule has 0 aliphatic heterocycles. The van der Waals surface area contributed by atoms with Gasteiger partial charge in [-0.15, -0.1) is 0 Å². The molecule has 0 spiro atoms. The van der Waals surface area contributed by atoms with Gasteiger partial charge in [-0.1, -0.05) is 81.0 Å². The Morgan fingerprint density at radius 1 is 1.15 bits per heavy atom. The van der Waals surface area contributed by atoms with Crippen LogP contribution in [0.1, 0.15) is 71.8 Å². The zero-order valence-electron chi connectivity index (χ0n) is 21.4. The van der Waals surface area contributed by atoms with Crippen molar-refractivity contribution in [3.63, 3.8) is 0 Å². The summed E-state index contributed by atoms with van der Waals surface area (Å²) in [4.78, 5) is 12.7. The summed E-state index contributed by atoms with van der Waals surface area (Å²) in [5, 5.41) is 16.1. The van der Waals surface area contributed by atoms with E-state index in [2.05, 4.69) is 63.9 Å². The van der Waals surface area contributed by atoms with Crippen LogP contribution in [-0.2, 0) is 11.3 Å². The van der Waals surface area contributed by atoms with Crippen LogP contribution in [0.15, 0.2) is 66.3 Å². The van der Waals surface area contributed by atoms with E-state index in [4.69, 9.17) is 0 Å². The average molecular weight is 460 g/mol. The number of allylic oxidation sites excluding steroid dienone is 2. The number of carbonyl (C=O) groups excluding carboxylic acids is 1. The second-order valence-corrected chi connectivity index (χ2v) is 11.6. The second kappa shape index (κ2) is 9.70. The van der Waals surface area contributed by atoms with Gasteiger partial charge >= 0.3 is 0 Å². The highest BCUT2D eigenvalue weighted by atomic mass is 16.3. The molecule has 2 N–H and O–H groups in total. The number of rotatable bonds is 6. The monoisotopic (exact) mass is 459 g/mol. The number of nitrogens with one attached hydrogen (secondary N) is 1. The van der Waals surface area contributed by atoms with Gasteiger partial charge in [0.05, 0.1) is 6.10 Å². The fourth-order valence-corrected chi connectivity index (χ4v) is 7.05. The lowest BCUT2D eigenvalue weighted by atomic mass is 9.46. The molecule has 2 aromatic rings. The quantitative estimate of drug-likeness (QED) is 0.363. The van der Waals surface area contributed by atoms with E-state index in [1.807, 2.05) is 18.2 Å². The molecule has 2 aliphatic carbocycles. The van der Waals surface area contributed by atoms with Gasteiger partial charge < -0.3 is 10.4 Å². The molecule has 0 bridgehead atoms. The van der Waals surface area contributed by atoms with Gasteiger partial charge in [-0.2, -0.15) is 0 Å². The van der Waals surface area contributed by atoms with E-state index in [9.17, 15) is 9.90 Å². The summed E-state index contributed by atoms with van der Waals surface area (Å²) < 4.78 is 0. The summed E-state index contributed by atoms with van der Waals surface area (Å²) in [6.07, 6.45) is 7.58. The van der Waals surface area contributed by atoms with Gasteiger partial charge in [0.1, 0.15) is 0 Å². The van der Waals surface area contributed by atoms with E-state index in [-0.39, 0.29) is 22.8 Å². The summed E-state index contributed by atoms with van der Waals surface area (Å²) in [5.74, 6) is 0.923. The summed E-state index contributed by atoms with van der Waals surface area (Å²) in [6, 6.07) is 14.5. The summed E-state index contributed by atoms with van der Waals surface area (Å²) in [7, 11) is 0. The van der Waals surface area contributed by atoms with Gasteiger partial charge in [-0.25, -0.2) is 0 Å². The van der Waals surface area contributed by atoms with Crippen molar-refractivity contribution in [3.8, 4) is 0 Å². The Labute approximate surface area is 205 Å². The minimum absolute atomic E-state index is 0.0288. The molecule has 0 unspecified atom stereocenters. The summed E-state index contributed by atoms with van der Waals surface area (Å²) >= 11 is 0. The minimum Gasteiger partial charge on any atom is -0.393 e. The molecule has 2 aromatic carbocycles. The van der Waals surface area contributed by atoms with Crippen LogP contribution in [0.25, 0.3) is 10.8 Å². The minimum atomic E-state index is -0.218. The third kappa shape index (κ3) is 4.73. The highest BCUT2D eigenvalue weighted by Gasteiger charge is 2.55. The van der Waals surface area contributed by atoms with Gasteiger partial charge in [0, 0.05) is 12.6 Å². The van der Waals surface area contributed by atoms with E-state index in [1.165, 1.54) is 16.3 Å². The largest absolute Gasteiger partial charge is 0.393 e. The molecule has 1 amide bonds. The van der Waals surface area contributed by atoms with Gasteiger partial charge in [-0.05, 0) is 84.5 Å². The fraction of sp³-hybridized carbons (Fsp3) is 0.516. The molecule has 34 heavy (non-hydrogen) atoms.